The smallest absolute Gasteiger partial charge is 0.228 e. The van der Waals surface area contributed by atoms with Crippen LogP contribution in [0.25, 0.3) is 10.3 Å². The van der Waals surface area contributed by atoms with Gasteiger partial charge in [-0.2, -0.15) is 10.1 Å². The first kappa shape index (κ1) is 12.7. The number of thiazole rings is 1. The Labute approximate surface area is 125 Å². The highest BCUT2D eigenvalue weighted by Gasteiger charge is 2.16. The maximum Gasteiger partial charge on any atom is 0.228 e. The SMILES string of the molecule is c1nc2cnc(Nc3cnn(C4CCOCC4)c3)nc2s1. The van der Waals surface area contributed by atoms with Crippen molar-refractivity contribution in [2.75, 3.05) is 18.5 Å². The van der Waals surface area contributed by atoms with Gasteiger partial charge in [-0.15, -0.1) is 11.3 Å². The summed E-state index contributed by atoms with van der Waals surface area (Å²) in [6.45, 7) is 1.61. The molecule has 0 radical (unpaired) electrons. The Kier molecular flexibility index (Phi) is 3.24. The number of aromatic nitrogens is 5. The molecule has 0 unspecified atom stereocenters. The molecule has 8 heteroatoms. The van der Waals surface area contributed by atoms with Gasteiger partial charge in [-0.3, -0.25) is 4.68 Å². The van der Waals surface area contributed by atoms with Gasteiger partial charge >= 0.3 is 0 Å². The summed E-state index contributed by atoms with van der Waals surface area (Å²) < 4.78 is 7.37. The van der Waals surface area contributed by atoms with E-state index in [2.05, 4.69) is 25.4 Å². The van der Waals surface area contributed by atoms with E-state index in [1.807, 2.05) is 10.9 Å². The average Bonchev–Trinajstić information content (AvgIpc) is 3.17. The fraction of sp³-hybridized carbons (Fsp3) is 0.385. The Balaban J connectivity index is 1.52. The number of anilines is 2. The summed E-state index contributed by atoms with van der Waals surface area (Å²) in [5.74, 6) is 0.568. The molecule has 1 aliphatic rings. The first-order valence-electron chi connectivity index (χ1n) is 6.84. The van der Waals surface area contributed by atoms with E-state index >= 15 is 0 Å². The molecule has 0 saturated carbocycles. The third-order valence-electron chi connectivity index (χ3n) is 3.51. The van der Waals surface area contributed by atoms with Crippen LogP contribution in [-0.4, -0.2) is 37.9 Å². The van der Waals surface area contributed by atoms with Crippen LogP contribution in [-0.2, 0) is 4.74 Å². The molecule has 0 atom stereocenters. The van der Waals surface area contributed by atoms with E-state index in [4.69, 9.17) is 4.74 Å². The van der Waals surface area contributed by atoms with Gasteiger partial charge in [0.1, 0.15) is 10.3 Å². The molecule has 108 valence electrons. The van der Waals surface area contributed by atoms with Gasteiger partial charge in [0.2, 0.25) is 5.95 Å². The molecular weight excluding hydrogens is 288 g/mol. The fourth-order valence-electron chi connectivity index (χ4n) is 2.41. The summed E-state index contributed by atoms with van der Waals surface area (Å²) in [5.41, 5.74) is 3.49. The molecule has 3 aromatic heterocycles. The molecule has 0 aliphatic carbocycles. The Morgan fingerprint density at radius 3 is 3.05 bits per heavy atom. The van der Waals surface area contributed by atoms with E-state index in [-0.39, 0.29) is 0 Å². The molecule has 0 bridgehead atoms. The summed E-state index contributed by atoms with van der Waals surface area (Å²) in [6, 6.07) is 0.416. The van der Waals surface area contributed by atoms with Gasteiger partial charge in [0.25, 0.3) is 0 Å². The van der Waals surface area contributed by atoms with Crippen LogP contribution in [0.15, 0.2) is 24.1 Å². The van der Waals surface area contributed by atoms with E-state index in [1.54, 1.807) is 17.9 Å². The fourth-order valence-corrected chi connectivity index (χ4v) is 3.04. The minimum atomic E-state index is 0.416. The summed E-state index contributed by atoms with van der Waals surface area (Å²) in [7, 11) is 0. The molecule has 1 aliphatic heterocycles. The molecule has 1 N–H and O–H groups in total. The Bertz CT molecular complexity index is 748. The lowest BCUT2D eigenvalue weighted by Gasteiger charge is -2.22. The maximum absolute atomic E-state index is 5.38. The Hall–Kier alpha value is -2.06. The van der Waals surface area contributed by atoms with Crippen molar-refractivity contribution in [2.24, 2.45) is 0 Å². The molecule has 4 heterocycles. The van der Waals surface area contributed by atoms with Crippen LogP contribution in [0, 0.1) is 0 Å². The van der Waals surface area contributed by atoms with E-state index < -0.39 is 0 Å². The molecule has 0 amide bonds. The minimum Gasteiger partial charge on any atom is -0.381 e. The first-order chi connectivity index (χ1) is 10.4. The molecule has 4 rings (SSSR count). The van der Waals surface area contributed by atoms with E-state index in [0.717, 1.165) is 42.1 Å². The van der Waals surface area contributed by atoms with Crippen LogP contribution in [0.4, 0.5) is 11.6 Å². The zero-order valence-electron chi connectivity index (χ0n) is 11.3. The highest BCUT2D eigenvalue weighted by molar-refractivity contribution is 7.16. The number of hydrogen-bond acceptors (Lipinski definition) is 7. The lowest BCUT2D eigenvalue weighted by atomic mass is 10.1. The molecule has 21 heavy (non-hydrogen) atoms. The Morgan fingerprint density at radius 1 is 1.24 bits per heavy atom. The van der Waals surface area contributed by atoms with Crippen LogP contribution in [0.3, 0.4) is 0 Å². The second kappa shape index (κ2) is 5.38. The van der Waals surface area contributed by atoms with E-state index in [0.29, 0.717) is 12.0 Å². The molecular formula is C13H14N6OS. The predicted molar refractivity (Wildman–Crippen MR) is 79.8 cm³/mol. The highest BCUT2D eigenvalue weighted by atomic mass is 32.1. The molecule has 0 spiro atoms. The minimum absolute atomic E-state index is 0.416. The first-order valence-corrected chi connectivity index (χ1v) is 7.71. The van der Waals surface area contributed by atoms with Gasteiger partial charge in [-0.25, -0.2) is 9.97 Å². The van der Waals surface area contributed by atoms with Crippen LogP contribution in [0.1, 0.15) is 18.9 Å². The number of ether oxygens (including phenoxy) is 1. The topological polar surface area (TPSA) is 77.8 Å². The van der Waals surface area contributed by atoms with Gasteiger partial charge in [-0.05, 0) is 12.8 Å². The second-order valence-electron chi connectivity index (χ2n) is 4.91. The summed E-state index contributed by atoms with van der Waals surface area (Å²) in [4.78, 5) is 13.7. The molecule has 1 fully saturated rings. The van der Waals surface area contributed by atoms with Crippen molar-refractivity contribution < 1.29 is 4.74 Å². The largest absolute Gasteiger partial charge is 0.381 e. The van der Waals surface area contributed by atoms with Crippen molar-refractivity contribution >= 4 is 33.3 Å². The number of rotatable bonds is 3. The standard InChI is InChI=1S/C13H14N6OS/c1-3-20-4-2-10(1)19-7-9(5-16-19)17-13-14-6-11-12(18-13)21-8-15-11/h5-8,10H,1-4H2,(H,14,17,18). The lowest BCUT2D eigenvalue weighted by molar-refractivity contribution is 0.0662. The Morgan fingerprint density at radius 2 is 2.14 bits per heavy atom. The monoisotopic (exact) mass is 302 g/mol. The van der Waals surface area contributed by atoms with Crippen LogP contribution < -0.4 is 5.32 Å². The summed E-state index contributed by atoms with van der Waals surface area (Å²) >= 11 is 1.50. The summed E-state index contributed by atoms with van der Waals surface area (Å²) in [6.07, 6.45) is 7.53. The van der Waals surface area contributed by atoms with Crippen LogP contribution in [0.2, 0.25) is 0 Å². The van der Waals surface area contributed by atoms with Gasteiger partial charge in [0, 0.05) is 19.4 Å². The number of fused-ring (bicyclic) bond motifs is 1. The van der Waals surface area contributed by atoms with Gasteiger partial charge < -0.3 is 10.1 Å². The molecule has 7 nitrogen and oxygen atoms in total. The predicted octanol–water partition coefficient (Wildman–Crippen LogP) is 2.38. The van der Waals surface area contributed by atoms with Crippen molar-refractivity contribution in [3.63, 3.8) is 0 Å². The van der Waals surface area contributed by atoms with Crippen molar-refractivity contribution in [3.8, 4) is 0 Å². The highest BCUT2D eigenvalue weighted by Crippen LogP contribution is 2.23. The number of hydrogen-bond donors (Lipinski definition) is 1. The third kappa shape index (κ3) is 2.59. The van der Waals surface area contributed by atoms with Gasteiger partial charge in [0.15, 0.2) is 0 Å². The summed E-state index contributed by atoms with van der Waals surface area (Å²) in [5, 5.41) is 7.61. The third-order valence-corrected chi connectivity index (χ3v) is 4.25. The molecule has 0 aromatic carbocycles. The van der Waals surface area contributed by atoms with Crippen LogP contribution >= 0.6 is 11.3 Å². The number of nitrogens with one attached hydrogen (secondary N) is 1. The zero-order chi connectivity index (χ0) is 14.1. The van der Waals surface area contributed by atoms with Crippen molar-refractivity contribution in [1.82, 2.24) is 24.7 Å². The van der Waals surface area contributed by atoms with Crippen molar-refractivity contribution in [1.29, 1.82) is 0 Å². The normalized spacial score (nSPS) is 16.4. The van der Waals surface area contributed by atoms with Gasteiger partial charge in [-0.1, -0.05) is 0 Å². The van der Waals surface area contributed by atoms with Gasteiger partial charge in [0.05, 0.1) is 29.6 Å². The second-order valence-corrected chi connectivity index (χ2v) is 5.75. The van der Waals surface area contributed by atoms with E-state index in [1.165, 1.54) is 11.3 Å². The molecule has 1 saturated heterocycles. The van der Waals surface area contributed by atoms with E-state index in [9.17, 15) is 0 Å². The number of nitrogens with zero attached hydrogens (tertiary/aromatic N) is 5. The molecule has 3 aromatic rings. The quantitative estimate of drug-likeness (QED) is 0.800. The van der Waals surface area contributed by atoms with Crippen LogP contribution in [0.5, 0.6) is 0 Å². The lowest BCUT2D eigenvalue weighted by Crippen LogP contribution is -2.19. The van der Waals surface area contributed by atoms with Crippen molar-refractivity contribution in [3.05, 3.63) is 24.1 Å². The average molecular weight is 302 g/mol. The zero-order valence-corrected chi connectivity index (χ0v) is 12.1. The maximum atomic E-state index is 5.38. The van der Waals surface area contributed by atoms with Crippen molar-refractivity contribution in [2.45, 2.75) is 18.9 Å².